The third kappa shape index (κ3) is 3.52. The quantitative estimate of drug-likeness (QED) is 0.192. The number of para-hydroxylation sites is 5. The van der Waals surface area contributed by atoms with E-state index in [4.69, 9.17) is 14.7 Å². The van der Waals surface area contributed by atoms with Gasteiger partial charge in [0.1, 0.15) is 11.5 Å². The van der Waals surface area contributed by atoms with E-state index in [9.17, 15) is 0 Å². The lowest BCUT2D eigenvalue weighted by molar-refractivity contribution is 0.487. The minimum Gasteiger partial charge on any atom is -0.458 e. The monoisotopic (exact) mass is 687 g/mol. The van der Waals surface area contributed by atoms with Crippen LogP contribution in [0.5, 0.6) is 11.5 Å². The average molecular weight is 687 g/mol. The van der Waals surface area contributed by atoms with Crippen LogP contribution in [0.4, 0.5) is 34.4 Å². The van der Waals surface area contributed by atoms with Gasteiger partial charge in [-0.15, -0.1) is 0 Å². The predicted molar refractivity (Wildman–Crippen MR) is 222 cm³/mol. The van der Waals surface area contributed by atoms with Crippen molar-refractivity contribution in [1.82, 2.24) is 14.5 Å². The number of hydrogen-bond acceptors (Lipinski definition) is 5. The standard InChI is InChI=1S/C46H27B2N5O/c1-3-14-28(15-4-1)51-35-23-12-24-36-40(35)48(33-21-11-19-31-30-18-7-9-22-34(30)53(36)42(31)33)44-46(51)50-45-43(49-44)47-32-20-8-10-26-38(32)54-39-27-13-25-37(41(39)47)52(45)29-16-5-2-6-17-29/h1-27H. The van der Waals surface area contributed by atoms with Crippen LogP contribution in [0.15, 0.2) is 164 Å². The lowest BCUT2D eigenvalue weighted by Gasteiger charge is -2.42. The van der Waals surface area contributed by atoms with Gasteiger partial charge in [-0.25, -0.2) is 4.98 Å². The molecule has 7 aromatic carbocycles. The Hall–Kier alpha value is -7.05. The third-order valence-corrected chi connectivity index (χ3v) is 11.8. The number of nitrogens with zero attached hydrogens (tertiary/aromatic N) is 5. The molecule has 0 fully saturated rings. The number of aromatic nitrogens is 3. The molecule has 4 aliphatic heterocycles. The topological polar surface area (TPSA) is 46.4 Å². The molecule has 0 unspecified atom stereocenters. The Balaban J connectivity index is 1.19. The first-order valence-corrected chi connectivity index (χ1v) is 18.5. The van der Waals surface area contributed by atoms with Gasteiger partial charge in [0.15, 0.2) is 11.6 Å². The Morgan fingerprint density at radius 2 is 0.981 bits per heavy atom. The lowest BCUT2D eigenvalue weighted by atomic mass is 9.34. The summed E-state index contributed by atoms with van der Waals surface area (Å²) < 4.78 is 9.12. The SMILES string of the molecule is c1ccc(N2c3cccc4c3B(c3ccccc3O4)c3nc4c(nc32)N(c2ccccc2)c2cccc3c2B4c2cccc4c5ccccc5n-3c24)cc1. The van der Waals surface area contributed by atoms with Crippen LogP contribution in [0.1, 0.15) is 0 Å². The fraction of sp³-hybridized carbons (Fsp3) is 0. The molecule has 54 heavy (non-hydrogen) atoms. The molecule has 0 N–H and O–H groups in total. The molecule has 0 bridgehead atoms. The molecule has 0 aliphatic carbocycles. The maximum Gasteiger partial charge on any atom is 0.281 e. The normalized spacial score (nSPS) is 13.9. The van der Waals surface area contributed by atoms with Gasteiger partial charge in [0.2, 0.25) is 0 Å². The molecule has 6 heterocycles. The second kappa shape index (κ2) is 10.3. The summed E-state index contributed by atoms with van der Waals surface area (Å²) >= 11 is 0. The summed E-state index contributed by atoms with van der Waals surface area (Å²) in [5, 5.41) is 2.51. The maximum atomic E-state index is 6.65. The number of ether oxygens (including phenoxy) is 1. The summed E-state index contributed by atoms with van der Waals surface area (Å²) in [6.07, 6.45) is 0. The number of fused-ring (bicyclic) bond motifs is 11. The van der Waals surface area contributed by atoms with Crippen molar-refractivity contribution < 1.29 is 4.74 Å². The van der Waals surface area contributed by atoms with Crippen molar-refractivity contribution in [3.8, 4) is 17.2 Å². The van der Waals surface area contributed by atoms with Crippen molar-refractivity contribution in [2.45, 2.75) is 0 Å². The van der Waals surface area contributed by atoms with Gasteiger partial charge in [0, 0.05) is 44.7 Å². The van der Waals surface area contributed by atoms with E-state index in [2.05, 4.69) is 172 Å². The highest BCUT2D eigenvalue weighted by Crippen LogP contribution is 2.43. The van der Waals surface area contributed by atoms with Crippen LogP contribution in [0.25, 0.3) is 27.5 Å². The van der Waals surface area contributed by atoms with Crippen LogP contribution in [-0.4, -0.2) is 28.0 Å². The van der Waals surface area contributed by atoms with Crippen LogP contribution in [0, 0.1) is 0 Å². The van der Waals surface area contributed by atoms with Crippen molar-refractivity contribution in [1.29, 1.82) is 0 Å². The van der Waals surface area contributed by atoms with Gasteiger partial charge in [-0.1, -0.05) is 103 Å². The highest BCUT2D eigenvalue weighted by atomic mass is 16.5. The fourth-order valence-corrected chi connectivity index (χ4v) is 9.74. The van der Waals surface area contributed by atoms with E-state index in [0.717, 1.165) is 68.0 Å². The number of benzene rings is 7. The second-order valence-corrected chi connectivity index (χ2v) is 14.5. The molecular weight excluding hydrogens is 660 g/mol. The molecule has 0 saturated carbocycles. The average Bonchev–Trinajstić information content (AvgIpc) is 3.57. The highest BCUT2D eigenvalue weighted by molar-refractivity contribution is 7.01. The molecule has 8 heteroatoms. The highest BCUT2D eigenvalue weighted by Gasteiger charge is 2.48. The van der Waals surface area contributed by atoms with Gasteiger partial charge >= 0.3 is 0 Å². The summed E-state index contributed by atoms with van der Waals surface area (Å²) in [4.78, 5) is 16.4. The number of hydrogen-bond donors (Lipinski definition) is 0. The summed E-state index contributed by atoms with van der Waals surface area (Å²) in [6.45, 7) is -0.303. The zero-order chi connectivity index (χ0) is 35.1. The minimum absolute atomic E-state index is 0.138. The van der Waals surface area contributed by atoms with E-state index >= 15 is 0 Å². The summed E-state index contributed by atoms with van der Waals surface area (Å²) in [7, 11) is 0. The molecule has 0 atom stereocenters. The zero-order valence-corrected chi connectivity index (χ0v) is 28.9. The Morgan fingerprint density at radius 3 is 1.76 bits per heavy atom. The molecule has 0 radical (unpaired) electrons. The van der Waals surface area contributed by atoms with Gasteiger partial charge < -0.3 is 9.30 Å². The molecule has 9 aromatic rings. The Morgan fingerprint density at radius 1 is 0.426 bits per heavy atom. The van der Waals surface area contributed by atoms with Crippen molar-refractivity contribution >= 4 is 103 Å². The summed E-state index contributed by atoms with van der Waals surface area (Å²) in [6, 6.07) is 58.2. The largest absolute Gasteiger partial charge is 0.458 e. The van der Waals surface area contributed by atoms with Crippen LogP contribution >= 0.6 is 0 Å². The van der Waals surface area contributed by atoms with Crippen molar-refractivity contribution in [3.63, 3.8) is 0 Å². The van der Waals surface area contributed by atoms with Gasteiger partial charge in [0.25, 0.3) is 13.4 Å². The smallest absolute Gasteiger partial charge is 0.281 e. The number of anilines is 6. The van der Waals surface area contributed by atoms with Crippen LogP contribution in [0.2, 0.25) is 0 Å². The van der Waals surface area contributed by atoms with E-state index in [-0.39, 0.29) is 13.4 Å². The number of rotatable bonds is 2. The Labute approximate surface area is 311 Å². The first-order chi connectivity index (χ1) is 26.8. The van der Waals surface area contributed by atoms with Gasteiger partial charge in [-0.05, 0) is 82.5 Å². The van der Waals surface area contributed by atoms with E-state index < -0.39 is 0 Å². The predicted octanol–water partition coefficient (Wildman–Crippen LogP) is 6.59. The summed E-state index contributed by atoms with van der Waals surface area (Å²) in [5.41, 5.74) is 14.5. The fourth-order valence-electron chi connectivity index (χ4n) is 9.74. The molecule has 6 nitrogen and oxygen atoms in total. The Bertz CT molecular complexity index is 3070. The zero-order valence-electron chi connectivity index (χ0n) is 28.9. The second-order valence-electron chi connectivity index (χ2n) is 14.5. The van der Waals surface area contributed by atoms with Crippen molar-refractivity contribution in [2.75, 3.05) is 9.80 Å². The van der Waals surface area contributed by atoms with Gasteiger partial charge in [0.05, 0.1) is 16.7 Å². The molecule has 0 spiro atoms. The maximum absolute atomic E-state index is 6.65. The third-order valence-electron chi connectivity index (χ3n) is 11.8. The van der Waals surface area contributed by atoms with Crippen LogP contribution < -0.4 is 47.6 Å². The lowest BCUT2D eigenvalue weighted by Crippen LogP contribution is -2.66. The minimum atomic E-state index is -0.165. The molecule has 248 valence electrons. The van der Waals surface area contributed by atoms with Crippen molar-refractivity contribution in [3.05, 3.63) is 164 Å². The van der Waals surface area contributed by atoms with Crippen molar-refractivity contribution in [2.24, 2.45) is 0 Å². The molecule has 13 rings (SSSR count). The molecular formula is C46H27B2N5O. The Kier molecular flexibility index (Phi) is 5.44. The molecule has 0 saturated heterocycles. The first-order valence-electron chi connectivity index (χ1n) is 18.5. The van der Waals surface area contributed by atoms with Crippen LogP contribution in [0.3, 0.4) is 0 Å². The summed E-state index contributed by atoms with van der Waals surface area (Å²) in [5.74, 6) is 3.39. The van der Waals surface area contributed by atoms with Gasteiger partial charge in [-0.3, -0.25) is 14.8 Å². The van der Waals surface area contributed by atoms with E-state index in [1.807, 2.05) is 6.07 Å². The first kappa shape index (κ1) is 28.5. The van der Waals surface area contributed by atoms with Crippen LogP contribution in [-0.2, 0) is 0 Å². The molecule has 4 aliphatic rings. The van der Waals surface area contributed by atoms with E-state index in [1.54, 1.807) is 0 Å². The van der Waals surface area contributed by atoms with E-state index in [0.29, 0.717) is 0 Å². The molecule has 2 aromatic heterocycles. The van der Waals surface area contributed by atoms with E-state index in [1.165, 1.54) is 38.4 Å². The molecule has 0 amide bonds. The van der Waals surface area contributed by atoms with Gasteiger partial charge in [-0.2, -0.15) is 0 Å².